The number of H-pyrrole nitrogens is 2. The van der Waals surface area contributed by atoms with Gasteiger partial charge in [0.25, 0.3) is 0 Å². The van der Waals surface area contributed by atoms with Crippen molar-refractivity contribution in [3.05, 3.63) is 99.0 Å². The zero-order chi connectivity index (χ0) is 31.4. The summed E-state index contributed by atoms with van der Waals surface area (Å²) in [4.78, 5) is 18.8. The largest absolute Gasteiger partial charge is 0.478 e. The molecule has 0 saturated carbocycles. The minimum Gasteiger partial charge on any atom is -0.478 e. The number of hydrogen-bond acceptors (Lipinski definition) is 6. The molecule has 5 rings (SSSR count). The summed E-state index contributed by atoms with van der Waals surface area (Å²) in [6.45, 7) is 2.18. The number of nitrogens with two attached hydrogens (primary N) is 1. The lowest BCUT2D eigenvalue weighted by atomic mass is 9.77. The van der Waals surface area contributed by atoms with Gasteiger partial charge in [-0.2, -0.15) is 5.10 Å². The molecule has 0 spiro atoms. The average molecular weight is 714 g/mol. The topological polar surface area (TPSA) is 150 Å². The molecule has 0 amide bonds. The first-order valence-electron chi connectivity index (χ1n) is 13.8. The second kappa shape index (κ2) is 13.2. The molecule has 2 atom stereocenters. The highest BCUT2D eigenvalue weighted by Crippen LogP contribution is 2.39. The molecule has 2 unspecified atom stereocenters. The Bertz CT molecular complexity index is 1840. The van der Waals surface area contributed by atoms with Crippen LogP contribution in [-0.4, -0.2) is 49.0 Å². The molecule has 0 aliphatic heterocycles. The summed E-state index contributed by atoms with van der Waals surface area (Å²) in [7, 11) is 0. The van der Waals surface area contributed by atoms with E-state index >= 15 is 8.78 Å². The number of nitrogens with one attached hydrogen (secondary N) is 2. The van der Waals surface area contributed by atoms with Gasteiger partial charge in [0.05, 0.1) is 17.1 Å². The van der Waals surface area contributed by atoms with Crippen LogP contribution in [0.2, 0.25) is 0 Å². The van der Waals surface area contributed by atoms with Crippen molar-refractivity contribution in [2.24, 2.45) is 5.73 Å². The summed E-state index contributed by atoms with van der Waals surface area (Å²) in [6.07, 6.45) is 4.91. The van der Waals surface area contributed by atoms with E-state index in [1.165, 1.54) is 30.3 Å². The van der Waals surface area contributed by atoms with Crippen molar-refractivity contribution in [1.82, 2.24) is 20.2 Å². The van der Waals surface area contributed by atoms with Crippen LogP contribution in [0, 0.1) is 15.2 Å². The van der Waals surface area contributed by atoms with Crippen LogP contribution in [0.1, 0.15) is 43.1 Å². The lowest BCUT2D eigenvalue weighted by molar-refractivity contribution is -0.131. The Morgan fingerprint density at radius 1 is 1.18 bits per heavy atom. The van der Waals surface area contributed by atoms with Crippen molar-refractivity contribution >= 4 is 45.5 Å². The van der Waals surface area contributed by atoms with Gasteiger partial charge in [0, 0.05) is 44.9 Å². The van der Waals surface area contributed by atoms with Gasteiger partial charge in [0.1, 0.15) is 17.4 Å². The summed E-state index contributed by atoms with van der Waals surface area (Å²) >= 11 is 2.24. The fourth-order valence-corrected chi connectivity index (χ4v) is 5.67. The number of aliphatic carboxylic acids is 1. The first kappa shape index (κ1) is 31.3. The summed E-state index contributed by atoms with van der Waals surface area (Å²) < 4.78 is 37.4. The van der Waals surface area contributed by atoms with Gasteiger partial charge in [0.15, 0.2) is 17.4 Å². The number of ether oxygens (including phenoxy) is 1. The van der Waals surface area contributed by atoms with Crippen LogP contribution in [-0.2, 0) is 10.2 Å². The number of aliphatic hydroxyl groups excluding tert-OH is 1. The number of rotatable bonds is 12. The molecular formula is C32H30F2IN5O4. The molecule has 2 aromatic heterocycles. The minimum absolute atomic E-state index is 0.0271. The van der Waals surface area contributed by atoms with Crippen LogP contribution >= 0.6 is 22.6 Å². The maximum atomic E-state index is 15.2. The van der Waals surface area contributed by atoms with Crippen LogP contribution < -0.4 is 10.5 Å². The number of benzene rings is 3. The highest BCUT2D eigenvalue weighted by atomic mass is 127. The summed E-state index contributed by atoms with van der Waals surface area (Å²) in [5, 5.41) is 27.0. The Kier molecular flexibility index (Phi) is 9.42. The molecule has 0 aliphatic rings. The van der Waals surface area contributed by atoms with Crippen molar-refractivity contribution in [1.29, 1.82) is 0 Å². The van der Waals surface area contributed by atoms with Crippen LogP contribution in [0.25, 0.3) is 28.4 Å². The molecule has 0 radical (unpaired) electrons. The fourth-order valence-electron chi connectivity index (χ4n) is 5.13. The third-order valence-corrected chi connectivity index (χ3v) is 8.22. The van der Waals surface area contributed by atoms with Crippen molar-refractivity contribution in [2.75, 3.05) is 6.54 Å². The van der Waals surface area contributed by atoms with E-state index in [0.717, 1.165) is 15.2 Å². The van der Waals surface area contributed by atoms with Crippen molar-refractivity contribution < 1.29 is 28.5 Å². The van der Waals surface area contributed by atoms with E-state index in [0.29, 0.717) is 36.0 Å². The number of aromatic amines is 2. The number of hydrogen-bond donors (Lipinski definition) is 5. The zero-order valence-electron chi connectivity index (χ0n) is 23.7. The molecule has 0 fully saturated rings. The van der Waals surface area contributed by atoms with E-state index < -0.39 is 29.1 Å². The van der Waals surface area contributed by atoms with Crippen molar-refractivity contribution in [2.45, 2.75) is 37.7 Å². The predicted molar refractivity (Wildman–Crippen MR) is 171 cm³/mol. The molecule has 0 bridgehead atoms. The van der Waals surface area contributed by atoms with Gasteiger partial charge < -0.3 is 25.7 Å². The van der Waals surface area contributed by atoms with Crippen LogP contribution in [0.3, 0.4) is 0 Å². The van der Waals surface area contributed by atoms with E-state index in [9.17, 15) is 9.90 Å². The molecule has 228 valence electrons. The normalized spacial score (nSPS) is 13.8. The number of carboxylic acid groups (broad SMARTS) is 1. The number of fused-ring (bicyclic) bond motifs is 1. The molecule has 0 saturated heterocycles. The average Bonchev–Trinajstić information content (AvgIpc) is 3.68. The van der Waals surface area contributed by atoms with Gasteiger partial charge in [-0.3, -0.25) is 5.10 Å². The van der Waals surface area contributed by atoms with Gasteiger partial charge in [-0.1, -0.05) is 12.1 Å². The highest BCUT2D eigenvalue weighted by Gasteiger charge is 2.33. The Hall–Kier alpha value is -4.14. The van der Waals surface area contributed by atoms with E-state index in [1.54, 1.807) is 12.3 Å². The zero-order valence-corrected chi connectivity index (χ0v) is 25.8. The Labute approximate surface area is 265 Å². The Morgan fingerprint density at radius 3 is 2.75 bits per heavy atom. The minimum atomic E-state index is -1.21. The Morgan fingerprint density at radius 2 is 2.00 bits per heavy atom. The molecule has 12 heteroatoms. The second-order valence-electron chi connectivity index (χ2n) is 10.6. The lowest BCUT2D eigenvalue weighted by Crippen LogP contribution is -2.27. The fraction of sp³-hybridized carbons (Fsp3) is 0.219. The number of carbonyl (C=O) groups is 1. The highest BCUT2D eigenvalue weighted by molar-refractivity contribution is 14.1. The molecular weight excluding hydrogens is 683 g/mol. The van der Waals surface area contributed by atoms with E-state index in [1.807, 2.05) is 31.2 Å². The molecule has 9 nitrogen and oxygen atoms in total. The number of nitrogens with zero attached hydrogens (tertiary/aromatic N) is 2. The first-order valence-corrected chi connectivity index (χ1v) is 14.9. The quantitative estimate of drug-likeness (QED) is 0.0730. The third kappa shape index (κ3) is 6.66. The van der Waals surface area contributed by atoms with Gasteiger partial charge in [-0.25, -0.2) is 18.6 Å². The number of halogens is 3. The number of carboxylic acids is 1. The SMILES string of the molecule is CC(CCCC(O)CN)(c1cccc(I)c1)c1nc(-c2cc(Oc3c(F)cc4[nH]ccc4c3/C=C/C(=O)O)ccc2F)n[nH]1. The summed E-state index contributed by atoms with van der Waals surface area (Å²) in [6, 6.07) is 14.8. The first-order chi connectivity index (χ1) is 21.1. The third-order valence-electron chi connectivity index (χ3n) is 7.55. The summed E-state index contributed by atoms with van der Waals surface area (Å²) in [5.74, 6) is -2.08. The maximum absolute atomic E-state index is 15.2. The Balaban J connectivity index is 1.51. The van der Waals surface area contributed by atoms with Gasteiger partial charge in [-0.05, 0) is 96.8 Å². The standard InChI is InChI=1S/C32H30F2IN5O4/c1-32(12-3-6-20(41)17-36,18-4-2-5-19(35)14-18)31-38-30(39-40-31)24-15-21(7-9-25(24)33)44-29-23(8-10-28(42)43)22-11-13-37-27(22)16-26(29)34/h2,4-5,7-11,13-16,20,37,41H,3,6,12,17,36H2,1H3,(H,42,43)(H,38,39,40)/b10-8+. The predicted octanol–water partition coefficient (Wildman–Crippen LogP) is 6.52. The molecule has 44 heavy (non-hydrogen) atoms. The van der Waals surface area contributed by atoms with Gasteiger partial charge in [0.2, 0.25) is 0 Å². The molecule has 6 N–H and O–H groups in total. The van der Waals surface area contributed by atoms with E-state index in [2.05, 4.69) is 37.8 Å². The smallest absolute Gasteiger partial charge is 0.328 e. The lowest BCUT2D eigenvalue weighted by Gasteiger charge is -2.28. The molecule has 2 heterocycles. The molecule has 3 aromatic carbocycles. The second-order valence-corrected chi connectivity index (χ2v) is 11.8. The van der Waals surface area contributed by atoms with E-state index in [4.69, 9.17) is 20.6 Å². The monoisotopic (exact) mass is 713 g/mol. The molecule has 5 aromatic rings. The van der Waals surface area contributed by atoms with E-state index in [-0.39, 0.29) is 35.0 Å². The van der Waals surface area contributed by atoms with Crippen LogP contribution in [0.15, 0.2) is 66.9 Å². The summed E-state index contributed by atoms with van der Waals surface area (Å²) in [5.41, 5.74) is 6.62. The van der Waals surface area contributed by atoms with Gasteiger partial charge in [-0.15, -0.1) is 0 Å². The van der Waals surface area contributed by atoms with Crippen molar-refractivity contribution in [3.8, 4) is 22.9 Å². The van der Waals surface area contributed by atoms with Crippen LogP contribution in [0.5, 0.6) is 11.5 Å². The van der Waals surface area contributed by atoms with Gasteiger partial charge >= 0.3 is 5.97 Å². The maximum Gasteiger partial charge on any atom is 0.328 e. The number of aliphatic hydroxyl groups is 1. The molecule has 0 aliphatic carbocycles. The number of aromatic nitrogens is 4. The van der Waals surface area contributed by atoms with Crippen LogP contribution in [0.4, 0.5) is 8.78 Å². The van der Waals surface area contributed by atoms with Crippen molar-refractivity contribution in [3.63, 3.8) is 0 Å².